The summed E-state index contributed by atoms with van der Waals surface area (Å²) in [7, 11) is 0. The van der Waals surface area contributed by atoms with Crippen molar-refractivity contribution in [3.63, 3.8) is 0 Å². The third-order valence-electron chi connectivity index (χ3n) is 5.15. The number of likely N-dealkylation sites (tertiary alicyclic amines) is 1. The second-order valence-corrected chi connectivity index (χ2v) is 8.06. The molecular weight excluding hydrogens is 384 g/mol. The monoisotopic (exact) mass is 404 g/mol. The van der Waals surface area contributed by atoms with Gasteiger partial charge in [0.05, 0.1) is 11.8 Å². The zero-order valence-electron chi connectivity index (χ0n) is 15.8. The van der Waals surface area contributed by atoms with E-state index in [9.17, 15) is 4.79 Å². The van der Waals surface area contributed by atoms with Gasteiger partial charge in [-0.3, -0.25) is 9.20 Å². The van der Waals surface area contributed by atoms with E-state index in [-0.39, 0.29) is 11.9 Å². The minimum Gasteiger partial charge on any atom is -0.455 e. The Bertz CT molecular complexity index is 1140. The summed E-state index contributed by atoms with van der Waals surface area (Å²) in [5, 5.41) is 8.59. The SMILES string of the molecule is O=C(c1ccc(CSc2ccccc2)o1)N1CCCC1c1nnc2ccccn12. The van der Waals surface area contributed by atoms with E-state index in [0.717, 1.165) is 30.1 Å². The number of hydrogen-bond donors (Lipinski definition) is 0. The van der Waals surface area contributed by atoms with Crippen LogP contribution in [0.2, 0.25) is 0 Å². The molecule has 6 nitrogen and oxygen atoms in total. The summed E-state index contributed by atoms with van der Waals surface area (Å²) in [6.45, 7) is 0.694. The molecule has 0 radical (unpaired) electrons. The van der Waals surface area contributed by atoms with Crippen LogP contribution in [0.3, 0.4) is 0 Å². The normalized spacial score (nSPS) is 16.6. The van der Waals surface area contributed by atoms with Crippen molar-refractivity contribution in [1.82, 2.24) is 19.5 Å². The second-order valence-electron chi connectivity index (χ2n) is 7.01. The van der Waals surface area contributed by atoms with Gasteiger partial charge in [-0.15, -0.1) is 22.0 Å². The van der Waals surface area contributed by atoms with E-state index in [2.05, 4.69) is 22.3 Å². The van der Waals surface area contributed by atoms with Crippen LogP contribution in [0.5, 0.6) is 0 Å². The Kier molecular flexibility index (Phi) is 4.81. The number of pyridine rings is 1. The van der Waals surface area contributed by atoms with Crippen LogP contribution in [0, 0.1) is 0 Å². The van der Waals surface area contributed by atoms with E-state index in [1.807, 2.05) is 58.0 Å². The van der Waals surface area contributed by atoms with Crippen LogP contribution in [0.25, 0.3) is 5.65 Å². The number of amides is 1. The molecule has 0 spiro atoms. The molecule has 7 heteroatoms. The number of benzene rings is 1. The first-order valence-corrected chi connectivity index (χ1v) is 10.7. The van der Waals surface area contributed by atoms with Crippen LogP contribution in [-0.4, -0.2) is 31.9 Å². The van der Waals surface area contributed by atoms with Crippen molar-refractivity contribution < 1.29 is 9.21 Å². The first-order valence-electron chi connectivity index (χ1n) is 9.67. The van der Waals surface area contributed by atoms with E-state index in [4.69, 9.17) is 4.42 Å². The number of hydrogen-bond acceptors (Lipinski definition) is 5. The number of thioether (sulfide) groups is 1. The fourth-order valence-corrected chi connectivity index (χ4v) is 4.56. The number of aromatic nitrogens is 3. The number of carbonyl (C=O) groups excluding carboxylic acids is 1. The van der Waals surface area contributed by atoms with E-state index in [0.29, 0.717) is 18.1 Å². The fourth-order valence-electron chi connectivity index (χ4n) is 3.75. The molecule has 0 saturated carbocycles. The summed E-state index contributed by atoms with van der Waals surface area (Å²) >= 11 is 1.69. The van der Waals surface area contributed by atoms with Crippen molar-refractivity contribution in [1.29, 1.82) is 0 Å². The van der Waals surface area contributed by atoms with Crippen molar-refractivity contribution in [3.05, 3.63) is 84.2 Å². The van der Waals surface area contributed by atoms with Gasteiger partial charge in [0, 0.05) is 17.6 Å². The van der Waals surface area contributed by atoms with E-state index < -0.39 is 0 Å². The molecule has 3 aromatic heterocycles. The average Bonchev–Trinajstić information content (AvgIpc) is 3.51. The Morgan fingerprint density at radius 3 is 2.83 bits per heavy atom. The Morgan fingerprint density at radius 1 is 1.07 bits per heavy atom. The highest BCUT2D eigenvalue weighted by Gasteiger charge is 2.34. The maximum absolute atomic E-state index is 13.1. The van der Waals surface area contributed by atoms with Gasteiger partial charge in [-0.25, -0.2) is 0 Å². The first kappa shape index (κ1) is 18.0. The third kappa shape index (κ3) is 3.53. The van der Waals surface area contributed by atoms with Crippen LogP contribution < -0.4 is 0 Å². The second kappa shape index (κ2) is 7.75. The lowest BCUT2D eigenvalue weighted by molar-refractivity contribution is 0.0695. The maximum atomic E-state index is 13.1. The molecule has 4 heterocycles. The summed E-state index contributed by atoms with van der Waals surface area (Å²) in [6.07, 6.45) is 3.76. The molecule has 1 fully saturated rings. The summed E-state index contributed by atoms with van der Waals surface area (Å²) < 4.78 is 7.84. The largest absolute Gasteiger partial charge is 0.455 e. The summed E-state index contributed by atoms with van der Waals surface area (Å²) in [5.74, 6) is 2.59. The number of furan rings is 1. The van der Waals surface area contributed by atoms with E-state index in [1.165, 1.54) is 4.90 Å². The standard InChI is InChI=1S/C22H20N4O2S/c27-22(19-12-11-16(28-19)15-29-17-7-2-1-3-8-17)25-14-6-9-18(25)21-24-23-20-10-4-5-13-26(20)21/h1-5,7-8,10-13,18H,6,9,14-15H2. The molecule has 4 aromatic rings. The van der Waals surface area contributed by atoms with Crippen LogP contribution in [-0.2, 0) is 5.75 Å². The smallest absolute Gasteiger partial charge is 0.290 e. The van der Waals surface area contributed by atoms with Crippen molar-refractivity contribution >= 4 is 23.3 Å². The van der Waals surface area contributed by atoms with Crippen LogP contribution >= 0.6 is 11.8 Å². The molecule has 5 rings (SSSR count). The lowest BCUT2D eigenvalue weighted by Gasteiger charge is -2.22. The zero-order valence-corrected chi connectivity index (χ0v) is 16.6. The van der Waals surface area contributed by atoms with Gasteiger partial charge >= 0.3 is 0 Å². The fraction of sp³-hybridized carbons (Fsp3) is 0.227. The number of fused-ring (bicyclic) bond motifs is 1. The average molecular weight is 404 g/mol. The molecule has 0 aliphatic carbocycles. The third-order valence-corrected chi connectivity index (χ3v) is 6.18. The van der Waals surface area contributed by atoms with Gasteiger partial charge in [0.15, 0.2) is 17.2 Å². The molecule has 1 unspecified atom stereocenters. The Labute approximate surface area is 172 Å². The van der Waals surface area contributed by atoms with E-state index in [1.54, 1.807) is 17.8 Å². The lowest BCUT2D eigenvalue weighted by Crippen LogP contribution is -2.31. The van der Waals surface area contributed by atoms with Crippen molar-refractivity contribution in [2.75, 3.05) is 6.54 Å². The van der Waals surface area contributed by atoms with Crippen LogP contribution in [0.4, 0.5) is 0 Å². The summed E-state index contributed by atoms with van der Waals surface area (Å²) in [6, 6.07) is 19.5. The highest BCUT2D eigenvalue weighted by Crippen LogP contribution is 2.33. The Balaban J connectivity index is 1.33. The number of rotatable bonds is 5. The van der Waals surface area contributed by atoms with Gasteiger partial charge in [-0.05, 0) is 49.2 Å². The van der Waals surface area contributed by atoms with Gasteiger partial charge in [0.1, 0.15) is 5.76 Å². The topological polar surface area (TPSA) is 63.6 Å². The van der Waals surface area contributed by atoms with Crippen LogP contribution in [0.1, 0.15) is 41.0 Å². The quantitative estimate of drug-likeness (QED) is 0.455. The van der Waals surface area contributed by atoms with Gasteiger partial charge < -0.3 is 9.32 Å². The predicted octanol–water partition coefficient (Wildman–Crippen LogP) is 4.59. The Morgan fingerprint density at radius 2 is 1.93 bits per heavy atom. The van der Waals surface area contributed by atoms with E-state index >= 15 is 0 Å². The molecular formula is C22H20N4O2S. The van der Waals surface area contributed by atoms with Crippen molar-refractivity contribution in [3.8, 4) is 0 Å². The zero-order chi connectivity index (χ0) is 19.6. The van der Waals surface area contributed by atoms with Crippen molar-refractivity contribution in [2.45, 2.75) is 29.5 Å². The maximum Gasteiger partial charge on any atom is 0.290 e. The highest BCUT2D eigenvalue weighted by atomic mass is 32.2. The molecule has 146 valence electrons. The van der Waals surface area contributed by atoms with Gasteiger partial charge in [0.25, 0.3) is 5.91 Å². The lowest BCUT2D eigenvalue weighted by atomic mass is 10.2. The van der Waals surface area contributed by atoms with Crippen molar-refractivity contribution in [2.24, 2.45) is 0 Å². The first-order chi connectivity index (χ1) is 14.3. The molecule has 1 aliphatic heterocycles. The molecule has 1 amide bonds. The van der Waals surface area contributed by atoms with Gasteiger partial charge in [0.2, 0.25) is 0 Å². The molecule has 1 atom stereocenters. The van der Waals surface area contributed by atoms with Gasteiger partial charge in [-0.2, -0.15) is 0 Å². The number of carbonyl (C=O) groups is 1. The molecule has 1 aliphatic rings. The molecule has 1 saturated heterocycles. The molecule has 0 bridgehead atoms. The minimum absolute atomic E-state index is 0.0869. The highest BCUT2D eigenvalue weighted by molar-refractivity contribution is 7.98. The Hall–Kier alpha value is -3.06. The number of nitrogens with zero attached hydrogens (tertiary/aromatic N) is 4. The molecule has 0 N–H and O–H groups in total. The minimum atomic E-state index is -0.0906. The summed E-state index contributed by atoms with van der Waals surface area (Å²) in [5.41, 5.74) is 0.792. The van der Waals surface area contributed by atoms with Crippen LogP contribution in [0.15, 0.2) is 76.2 Å². The van der Waals surface area contributed by atoms with Gasteiger partial charge in [-0.1, -0.05) is 24.3 Å². The predicted molar refractivity (Wildman–Crippen MR) is 111 cm³/mol. The molecule has 29 heavy (non-hydrogen) atoms. The molecule has 1 aromatic carbocycles. The summed E-state index contributed by atoms with van der Waals surface area (Å²) in [4.78, 5) is 16.2.